The molecule has 9 unspecified atom stereocenters. The Labute approximate surface area is 574 Å². The van der Waals surface area contributed by atoms with Crippen molar-refractivity contribution in [2.45, 2.75) is 434 Å². The summed E-state index contributed by atoms with van der Waals surface area (Å²) in [7, 11) is 1.81. The summed E-state index contributed by atoms with van der Waals surface area (Å²) in [5, 5.41) is 0. The molecule has 0 aromatic carbocycles. The van der Waals surface area contributed by atoms with E-state index in [1.165, 1.54) is 110 Å². The molecule has 8 rings (SSSR count). The summed E-state index contributed by atoms with van der Waals surface area (Å²) < 4.78 is 5.26. The van der Waals surface area contributed by atoms with Gasteiger partial charge in [0.15, 0.2) is 0 Å². The molecule has 7 saturated heterocycles. The minimum Gasteiger partial charge on any atom is -0.384 e. The van der Waals surface area contributed by atoms with Crippen LogP contribution in [0.2, 0.25) is 0 Å². The first-order valence-corrected chi connectivity index (χ1v) is 40.2. The lowest BCUT2D eigenvalue weighted by molar-refractivity contribution is 0.116. The van der Waals surface area contributed by atoms with E-state index in [0.29, 0.717) is 12.1 Å². The zero-order valence-corrected chi connectivity index (χ0v) is 68.6. The van der Waals surface area contributed by atoms with Crippen molar-refractivity contribution in [3.05, 3.63) is 0 Å². The molecule has 8 aliphatic rings. The van der Waals surface area contributed by atoms with Crippen LogP contribution in [0.25, 0.3) is 0 Å². The molecule has 16 atom stereocenters. The Morgan fingerprint density at radius 2 is 0.736 bits per heavy atom. The molecule has 0 N–H and O–H groups in total. The molecule has 91 heavy (non-hydrogen) atoms. The number of ether oxygens (including phenoxy) is 1. The van der Waals surface area contributed by atoms with Gasteiger partial charge in [0.05, 0.1) is 6.61 Å². The number of methoxy groups -OCH3 is 1. The number of hydrogen-bond acceptors (Lipinski definition) is 8. The van der Waals surface area contributed by atoms with E-state index in [1.807, 2.05) is 7.11 Å². The number of rotatable bonds is 18. The number of fused-ring (bicyclic) bond motifs is 1. The van der Waals surface area contributed by atoms with Gasteiger partial charge >= 0.3 is 0 Å². The van der Waals surface area contributed by atoms with E-state index < -0.39 is 0 Å². The van der Waals surface area contributed by atoms with Gasteiger partial charge in [-0.2, -0.15) is 0 Å². The SMILES string of the molecule is CC(C)[C@@H]1CC2CCCC2N1C(C)C.CC(C)[C@@H]1CCC(C)N1C(C)C.CC1C[C@@H](C(C)C)N(C(C)C)C1.CC1C[C@@H](C(C)C)N(C(C)C)C1C.CCC1CC[C@@H](C(C)C)N1C(C)C.CCC1C[C@@H](C(C)C)N(C(C)C)C1.COCC1C[C@@H](C(C)C)N(C(C)C)C1. The molecule has 1 saturated carbocycles. The summed E-state index contributed by atoms with van der Waals surface area (Å²) in [6.45, 7) is 84.5. The van der Waals surface area contributed by atoms with Crippen LogP contribution in [0, 0.1) is 71.0 Å². The van der Waals surface area contributed by atoms with Crippen LogP contribution < -0.4 is 0 Å². The maximum absolute atomic E-state index is 5.26. The highest BCUT2D eigenvalue weighted by molar-refractivity contribution is 5.00. The van der Waals surface area contributed by atoms with Gasteiger partial charge in [0.2, 0.25) is 0 Å². The van der Waals surface area contributed by atoms with Crippen molar-refractivity contribution in [2.24, 2.45) is 71.0 Å². The lowest BCUT2D eigenvalue weighted by atomic mass is 9.96. The minimum atomic E-state index is 0.671. The van der Waals surface area contributed by atoms with Crippen LogP contribution in [0.1, 0.15) is 325 Å². The summed E-state index contributed by atoms with van der Waals surface area (Å²) in [4.78, 5) is 18.9. The summed E-state index contributed by atoms with van der Waals surface area (Å²) >= 11 is 0. The lowest BCUT2D eigenvalue weighted by Crippen LogP contribution is -2.43. The molecule has 544 valence electrons. The Morgan fingerprint density at radius 1 is 0.341 bits per heavy atom. The van der Waals surface area contributed by atoms with E-state index >= 15 is 0 Å². The molecule has 0 spiro atoms. The van der Waals surface area contributed by atoms with E-state index in [0.717, 1.165) is 174 Å². The topological polar surface area (TPSA) is 31.9 Å². The van der Waals surface area contributed by atoms with E-state index in [-0.39, 0.29) is 0 Å². The van der Waals surface area contributed by atoms with Crippen molar-refractivity contribution >= 4 is 0 Å². The molecule has 7 heterocycles. The van der Waals surface area contributed by atoms with Crippen LogP contribution in [-0.4, -0.2) is 176 Å². The van der Waals surface area contributed by atoms with Crippen molar-refractivity contribution in [1.82, 2.24) is 34.3 Å². The smallest absolute Gasteiger partial charge is 0.0503 e. The van der Waals surface area contributed by atoms with Gasteiger partial charge in [-0.3, -0.25) is 34.3 Å². The third kappa shape index (κ3) is 26.1. The predicted octanol–water partition coefficient (Wildman–Crippen LogP) is 20.9. The first kappa shape index (κ1) is 86.8. The van der Waals surface area contributed by atoms with E-state index in [4.69, 9.17) is 4.74 Å². The molecule has 0 aromatic heterocycles. The molecule has 0 aromatic rings. The predicted molar refractivity (Wildman–Crippen MR) is 407 cm³/mol. The Hall–Kier alpha value is -0.320. The molecule has 7 aliphatic heterocycles. The van der Waals surface area contributed by atoms with E-state index in [9.17, 15) is 0 Å². The highest BCUT2D eigenvalue weighted by Gasteiger charge is 2.46. The fraction of sp³-hybridized carbons (Fsp3) is 1.00. The lowest BCUT2D eigenvalue weighted by Gasteiger charge is -2.35. The molecular weight excluding hydrogens is 1110 g/mol. The molecule has 8 heteroatoms. The van der Waals surface area contributed by atoms with Gasteiger partial charge in [-0.1, -0.05) is 137 Å². The van der Waals surface area contributed by atoms with Crippen LogP contribution >= 0.6 is 0 Å². The highest BCUT2D eigenvalue weighted by Crippen LogP contribution is 2.45. The Balaban J connectivity index is 0.000000362. The zero-order chi connectivity index (χ0) is 69.8. The average molecular weight is 1280 g/mol. The first-order valence-electron chi connectivity index (χ1n) is 40.2. The maximum Gasteiger partial charge on any atom is 0.0503 e. The van der Waals surface area contributed by atoms with Gasteiger partial charge in [-0.15, -0.1) is 0 Å². The van der Waals surface area contributed by atoms with Crippen LogP contribution in [0.3, 0.4) is 0 Å². The molecule has 1 aliphatic carbocycles. The van der Waals surface area contributed by atoms with Crippen molar-refractivity contribution in [3.8, 4) is 0 Å². The Kier molecular flexibility index (Phi) is 40.0. The number of likely N-dealkylation sites (tertiary alicyclic amines) is 7. The molecule has 8 nitrogen and oxygen atoms in total. The van der Waals surface area contributed by atoms with Crippen molar-refractivity contribution < 1.29 is 4.74 Å². The van der Waals surface area contributed by atoms with Gasteiger partial charge in [0.1, 0.15) is 0 Å². The standard InChI is InChI=1S/C13H25N.C12H25NO.3C12H25N.2C11H23N/c1-9(2)13-8-11-6-5-7-12(11)14(13)10(3)4;1-9(2)12-6-11(8-14-5)7-13(12)10(3)4;1-8(2)12-7-10(5)11(6)13(12)9(3)4;1-6-11-7-12(9(2)3)13(8-11)10(4)5;1-6-11-7-8-12(9(2)3)13(11)10(4)5;1-8(2)11-6-10(5)7-12(11)9(3)4;1-8(2)11-7-6-10(5)12(11)9(3)4/h9-13H,5-8H2,1-4H3;9-12H,6-8H2,1-5H3;8-12H,7H2,1-6H3;2*9-12H,6-8H2,1-5H3;2*8-11H,6-7H2,1-5H3/t11?,12?,13-;11?,12-;10?,11?,12-;2*11?,12-;2*10?,11-/m0000000/s1. The van der Waals surface area contributed by atoms with Crippen LogP contribution in [0.15, 0.2) is 0 Å². The summed E-state index contributed by atoms with van der Waals surface area (Å²) in [5.74, 6) is 10.2. The van der Waals surface area contributed by atoms with Crippen molar-refractivity contribution in [1.29, 1.82) is 0 Å². The summed E-state index contributed by atoms with van der Waals surface area (Å²) in [5.41, 5.74) is 0. The van der Waals surface area contributed by atoms with Crippen molar-refractivity contribution in [3.63, 3.8) is 0 Å². The molecule has 0 radical (unpaired) electrons. The third-order valence-corrected chi connectivity index (χ3v) is 24.3. The van der Waals surface area contributed by atoms with Crippen LogP contribution in [0.4, 0.5) is 0 Å². The highest BCUT2D eigenvalue weighted by atomic mass is 16.5. The second-order valence-electron chi connectivity index (χ2n) is 36.1. The second kappa shape index (κ2) is 41.9. The molecule has 0 bridgehead atoms. The van der Waals surface area contributed by atoms with Crippen LogP contribution in [-0.2, 0) is 4.74 Å². The van der Waals surface area contributed by atoms with Crippen molar-refractivity contribution in [2.75, 3.05) is 33.4 Å². The molecular formula is C83H171N7O. The largest absolute Gasteiger partial charge is 0.384 e. The fourth-order valence-corrected chi connectivity index (χ4v) is 19.4. The van der Waals surface area contributed by atoms with Gasteiger partial charge in [0.25, 0.3) is 0 Å². The molecule has 8 fully saturated rings. The van der Waals surface area contributed by atoms with Gasteiger partial charge in [-0.25, -0.2) is 0 Å². The van der Waals surface area contributed by atoms with Gasteiger partial charge < -0.3 is 4.74 Å². The Bertz CT molecular complexity index is 1770. The first-order chi connectivity index (χ1) is 42.3. The number of nitrogens with zero attached hydrogens (tertiary/aromatic N) is 7. The second-order valence-corrected chi connectivity index (χ2v) is 36.1. The maximum atomic E-state index is 5.26. The third-order valence-electron chi connectivity index (χ3n) is 24.3. The fourth-order valence-electron chi connectivity index (χ4n) is 19.4. The summed E-state index contributed by atoms with van der Waals surface area (Å²) in [6.07, 6.45) is 19.7. The van der Waals surface area contributed by atoms with Gasteiger partial charge in [-0.05, 0) is 259 Å². The number of hydrogen-bond donors (Lipinski definition) is 0. The normalized spacial score (nSPS) is 32.9. The monoisotopic (exact) mass is 1280 g/mol. The van der Waals surface area contributed by atoms with E-state index in [1.54, 1.807) is 0 Å². The van der Waals surface area contributed by atoms with Gasteiger partial charge in [0, 0.05) is 135 Å². The van der Waals surface area contributed by atoms with E-state index in [2.05, 4.69) is 270 Å². The summed E-state index contributed by atoms with van der Waals surface area (Å²) in [6, 6.07) is 14.1. The zero-order valence-electron chi connectivity index (χ0n) is 68.6. The average Bonchev–Trinajstić information content (AvgIpc) is 1.66. The molecule has 0 amide bonds. The minimum absolute atomic E-state index is 0.671. The Morgan fingerprint density at radius 3 is 1.10 bits per heavy atom. The quantitative estimate of drug-likeness (QED) is 0.134. The van der Waals surface area contributed by atoms with Crippen LogP contribution in [0.5, 0.6) is 0 Å².